The number of carbonyl (C=O) groups excluding carboxylic acids is 2. The lowest BCUT2D eigenvalue weighted by Gasteiger charge is -2.34. The summed E-state index contributed by atoms with van der Waals surface area (Å²) in [5.41, 5.74) is -0.332. The van der Waals surface area contributed by atoms with E-state index in [4.69, 9.17) is 21.7 Å². The van der Waals surface area contributed by atoms with Crippen molar-refractivity contribution in [1.82, 2.24) is 15.2 Å². The monoisotopic (exact) mass is 506 g/mol. The first-order valence-electron chi connectivity index (χ1n) is 10.9. The van der Waals surface area contributed by atoms with Crippen LogP contribution >= 0.6 is 12.2 Å². The van der Waals surface area contributed by atoms with E-state index in [1.54, 1.807) is 43.7 Å². The van der Waals surface area contributed by atoms with E-state index in [2.05, 4.69) is 15.6 Å². The number of amides is 2. The van der Waals surface area contributed by atoms with E-state index in [1.165, 1.54) is 42.5 Å². The Morgan fingerprint density at radius 1 is 1.08 bits per heavy atom. The molecule has 1 unspecified atom stereocenters. The number of rotatable bonds is 8. The maximum atomic E-state index is 13.8. The van der Waals surface area contributed by atoms with Crippen molar-refractivity contribution < 1.29 is 23.5 Å². The first-order chi connectivity index (χ1) is 17.3. The van der Waals surface area contributed by atoms with E-state index in [1.807, 2.05) is 12.1 Å². The molecule has 1 atom stereocenters. The number of ether oxygens (including phenoxy) is 2. The fourth-order valence-corrected chi connectivity index (χ4v) is 4.18. The molecule has 10 heteroatoms. The van der Waals surface area contributed by atoms with Crippen molar-refractivity contribution >= 4 is 41.0 Å². The highest BCUT2D eigenvalue weighted by Crippen LogP contribution is 2.38. The normalized spacial score (nSPS) is 17.2. The van der Waals surface area contributed by atoms with Crippen LogP contribution in [-0.2, 0) is 15.1 Å². The Hall–Kier alpha value is -4.31. The van der Waals surface area contributed by atoms with Gasteiger partial charge in [0.05, 0.1) is 26.8 Å². The van der Waals surface area contributed by atoms with E-state index in [9.17, 15) is 14.0 Å². The average Bonchev–Trinajstić information content (AvgIpc) is 3.12. The van der Waals surface area contributed by atoms with Crippen LogP contribution < -0.4 is 20.1 Å². The van der Waals surface area contributed by atoms with Gasteiger partial charge >= 0.3 is 0 Å². The van der Waals surface area contributed by atoms with E-state index in [0.717, 1.165) is 5.56 Å². The fraction of sp³-hybridized carbons (Fsp3) is 0.154. The number of anilines is 1. The van der Waals surface area contributed by atoms with Gasteiger partial charge in [0, 0.05) is 6.20 Å². The molecule has 1 aliphatic rings. The van der Waals surface area contributed by atoms with E-state index in [0.29, 0.717) is 17.1 Å². The summed E-state index contributed by atoms with van der Waals surface area (Å²) in [6.45, 7) is 0. The molecular formula is C26H23FN4O4S. The zero-order valence-corrected chi connectivity index (χ0v) is 20.3. The van der Waals surface area contributed by atoms with Crippen LogP contribution in [0.25, 0.3) is 6.08 Å². The average molecular weight is 507 g/mol. The highest BCUT2D eigenvalue weighted by molar-refractivity contribution is 7.80. The number of pyridine rings is 1. The zero-order chi connectivity index (χ0) is 25.7. The van der Waals surface area contributed by atoms with Crippen LogP contribution in [0.1, 0.15) is 17.5 Å². The third-order valence-corrected chi connectivity index (χ3v) is 6.03. The van der Waals surface area contributed by atoms with Crippen molar-refractivity contribution in [3.05, 3.63) is 90.0 Å². The Bertz CT molecular complexity index is 1300. The van der Waals surface area contributed by atoms with E-state index < -0.39 is 23.2 Å². The first-order valence-corrected chi connectivity index (χ1v) is 11.3. The predicted molar refractivity (Wildman–Crippen MR) is 137 cm³/mol. The fourth-order valence-electron chi connectivity index (χ4n) is 3.87. The van der Waals surface area contributed by atoms with Gasteiger partial charge in [0.2, 0.25) is 5.91 Å². The zero-order valence-electron chi connectivity index (χ0n) is 19.5. The topological polar surface area (TPSA) is 92.8 Å². The molecule has 1 fully saturated rings. The molecule has 1 aliphatic heterocycles. The molecule has 0 saturated carbocycles. The molecule has 184 valence electrons. The molecule has 4 rings (SSSR count). The van der Waals surface area contributed by atoms with Gasteiger partial charge < -0.3 is 25.0 Å². The van der Waals surface area contributed by atoms with Gasteiger partial charge in [-0.25, -0.2) is 9.37 Å². The molecule has 1 saturated heterocycles. The molecule has 2 heterocycles. The minimum absolute atomic E-state index is 0.115. The van der Waals surface area contributed by atoms with Gasteiger partial charge in [-0.2, -0.15) is 0 Å². The number of carbonyl (C=O) groups is 2. The van der Waals surface area contributed by atoms with Gasteiger partial charge in [-0.05, 0) is 65.8 Å². The molecule has 0 bridgehead atoms. The Morgan fingerprint density at radius 3 is 2.36 bits per heavy atom. The number of nitrogens with one attached hydrogen (secondary N) is 2. The predicted octanol–water partition coefficient (Wildman–Crippen LogP) is 3.85. The largest absolute Gasteiger partial charge is 0.497 e. The third-order valence-electron chi connectivity index (χ3n) is 5.74. The lowest BCUT2D eigenvalue weighted by Crippen LogP contribution is -2.47. The molecule has 0 spiro atoms. The summed E-state index contributed by atoms with van der Waals surface area (Å²) in [5.74, 6) is 0.0609. The number of benzene rings is 2. The minimum Gasteiger partial charge on any atom is -0.497 e. The van der Waals surface area contributed by atoms with Crippen molar-refractivity contribution in [3.63, 3.8) is 0 Å². The van der Waals surface area contributed by atoms with Crippen molar-refractivity contribution in [3.8, 4) is 11.5 Å². The SMILES string of the molecule is COc1ccc(/C=C/N2C(=S)NC(=O)C2(CC(=O)Nc2ccc(OC)cn2)c2ccc(F)cc2)cc1. The van der Waals surface area contributed by atoms with Crippen molar-refractivity contribution in [2.45, 2.75) is 12.0 Å². The molecule has 3 aromatic rings. The van der Waals surface area contributed by atoms with Gasteiger partial charge in [-0.1, -0.05) is 24.3 Å². The minimum atomic E-state index is -1.55. The maximum Gasteiger partial charge on any atom is 0.257 e. The van der Waals surface area contributed by atoms with Crippen molar-refractivity contribution in [2.75, 3.05) is 19.5 Å². The van der Waals surface area contributed by atoms with E-state index in [-0.39, 0.29) is 17.4 Å². The van der Waals surface area contributed by atoms with Crippen LogP contribution in [0.4, 0.5) is 10.2 Å². The van der Waals surface area contributed by atoms with Crippen LogP contribution in [-0.4, -0.2) is 41.0 Å². The summed E-state index contributed by atoms with van der Waals surface area (Å²) in [6.07, 6.45) is 4.54. The number of aromatic nitrogens is 1. The Labute approximate surface area is 212 Å². The van der Waals surface area contributed by atoms with Gasteiger partial charge in [-0.15, -0.1) is 0 Å². The smallest absolute Gasteiger partial charge is 0.257 e. The lowest BCUT2D eigenvalue weighted by molar-refractivity contribution is -0.131. The second-order valence-electron chi connectivity index (χ2n) is 7.89. The van der Waals surface area contributed by atoms with Crippen LogP contribution in [0.5, 0.6) is 11.5 Å². The Kier molecular flexibility index (Phi) is 7.25. The molecule has 2 amide bonds. The molecule has 0 radical (unpaired) electrons. The highest BCUT2D eigenvalue weighted by Gasteiger charge is 2.53. The second-order valence-corrected chi connectivity index (χ2v) is 8.28. The van der Waals surface area contributed by atoms with Crippen molar-refractivity contribution in [1.29, 1.82) is 0 Å². The van der Waals surface area contributed by atoms with E-state index >= 15 is 0 Å². The Morgan fingerprint density at radius 2 is 1.75 bits per heavy atom. The molecule has 2 N–H and O–H groups in total. The van der Waals surface area contributed by atoms with Crippen LogP contribution in [0.2, 0.25) is 0 Å². The second kappa shape index (κ2) is 10.5. The van der Waals surface area contributed by atoms with Gasteiger partial charge in [0.15, 0.2) is 10.7 Å². The van der Waals surface area contributed by atoms with Crippen LogP contribution in [0.3, 0.4) is 0 Å². The van der Waals surface area contributed by atoms with Gasteiger partial charge in [0.1, 0.15) is 23.1 Å². The summed E-state index contributed by atoms with van der Waals surface area (Å²) in [4.78, 5) is 32.2. The number of methoxy groups -OCH3 is 2. The number of halogens is 1. The number of hydrogen-bond donors (Lipinski definition) is 2. The number of thiocarbonyl (C=S) groups is 1. The summed E-state index contributed by atoms with van der Waals surface area (Å²) >= 11 is 5.45. The molecule has 0 aliphatic carbocycles. The number of nitrogens with zero attached hydrogens (tertiary/aromatic N) is 2. The van der Waals surface area contributed by atoms with Crippen molar-refractivity contribution in [2.24, 2.45) is 0 Å². The summed E-state index contributed by atoms with van der Waals surface area (Å²) in [7, 11) is 3.09. The number of hydrogen-bond acceptors (Lipinski definition) is 6. The molecule has 8 nitrogen and oxygen atoms in total. The standard InChI is InChI=1S/C26H23FN4O4S/c1-34-20-9-3-17(4-10-20)13-14-31-25(36)30-24(33)26(31,18-5-7-19(27)8-6-18)15-23(32)29-22-12-11-21(35-2)16-28-22/h3-14,16H,15H2,1-2H3,(H,28,29,32)(H,30,33,36)/b14-13+. The molecule has 2 aromatic carbocycles. The quantitative estimate of drug-likeness (QED) is 0.449. The van der Waals surface area contributed by atoms with Crippen LogP contribution in [0.15, 0.2) is 73.1 Å². The molecule has 1 aromatic heterocycles. The molecular weight excluding hydrogens is 483 g/mol. The third kappa shape index (κ3) is 5.03. The van der Waals surface area contributed by atoms with Gasteiger partial charge in [0.25, 0.3) is 5.91 Å². The summed E-state index contributed by atoms with van der Waals surface area (Å²) in [6, 6.07) is 15.9. The summed E-state index contributed by atoms with van der Waals surface area (Å²) < 4.78 is 24.0. The maximum absolute atomic E-state index is 13.8. The first kappa shape index (κ1) is 24.8. The lowest BCUT2D eigenvalue weighted by atomic mass is 9.84. The Balaban J connectivity index is 1.69. The highest BCUT2D eigenvalue weighted by atomic mass is 32.1. The summed E-state index contributed by atoms with van der Waals surface area (Å²) in [5, 5.41) is 5.47. The van der Waals surface area contributed by atoms with Crippen LogP contribution in [0, 0.1) is 5.82 Å². The molecule has 36 heavy (non-hydrogen) atoms. The van der Waals surface area contributed by atoms with Gasteiger partial charge in [-0.3, -0.25) is 9.59 Å².